The monoisotopic (exact) mass is 394 g/mol. The van der Waals surface area contributed by atoms with E-state index >= 15 is 0 Å². The molecular weight excluding hydrogens is 347 g/mol. The standard InChI is InChI=1S/C25H47OP/c1-5-8-11-17-22-27(26-4,23-18-12-9-6-2,24-19-13-10-7-3)25-20-15-14-16-21-25/h14-16,20-21H,5-13,17-19,22-24H2,1-4H3. The Morgan fingerprint density at radius 1 is 0.593 bits per heavy atom. The van der Waals surface area contributed by atoms with Crippen LogP contribution in [0.25, 0.3) is 0 Å². The minimum atomic E-state index is -2.34. The molecule has 0 aliphatic heterocycles. The van der Waals surface area contributed by atoms with Gasteiger partial charge in [-0.2, -0.15) is 0 Å². The van der Waals surface area contributed by atoms with E-state index in [9.17, 15) is 0 Å². The predicted octanol–water partition coefficient (Wildman–Crippen LogP) is 8.17. The Bertz CT molecular complexity index is 436. The fourth-order valence-corrected chi connectivity index (χ4v) is 10.6. The van der Waals surface area contributed by atoms with E-state index in [-0.39, 0.29) is 0 Å². The Morgan fingerprint density at radius 3 is 1.33 bits per heavy atom. The van der Waals surface area contributed by atoms with Crippen LogP contribution in [-0.4, -0.2) is 25.6 Å². The molecule has 0 aliphatic rings. The second-order valence-electron chi connectivity index (χ2n) is 8.49. The summed E-state index contributed by atoms with van der Waals surface area (Å²) in [5, 5.41) is 1.55. The van der Waals surface area contributed by atoms with Crippen LogP contribution in [0, 0.1) is 0 Å². The summed E-state index contributed by atoms with van der Waals surface area (Å²) in [5.74, 6) is 0. The zero-order chi connectivity index (χ0) is 19.9. The van der Waals surface area contributed by atoms with E-state index in [1.165, 1.54) is 95.5 Å². The van der Waals surface area contributed by atoms with Gasteiger partial charge in [0.1, 0.15) is 0 Å². The van der Waals surface area contributed by atoms with E-state index in [0.29, 0.717) is 0 Å². The normalized spacial score (nSPS) is 13.4. The van der Waals surface area contributed by atoms with Gasteiger partial charge in [-0.1, -0.05) is 0 Å². The van der Waals surface area contributed by atoms with Gasteiger partial charge in [-0.05, 0) is 0 Å². The van der Waals surface area contributed by atoms with Crippen molar-refractivity contribution in [2.45, 2.75) is 97.8 Å². The Balaban J connectivity index is 3.13. The van der Waals surface area contributed by atoms with Crippen LogP contribution in [0.3, 0.4) is 0 Å². The van der Waals surface area contributed by atoms with E-state index in [2.05, 4.69) is 51.1 Å². The summed E-state index contributed by atoms with van der Waals surface area (Å²) >= 11 is 0. The van der Waals surface area contributed by atoms with Crippen molar-refractivity contribution in [3.63, 3.8) is 0 Å². The van der Waals surface area contributed by atoms with E-state index in [1.807, 2.05) is 7.11 Å². The molecular formula is C25H47OP. The average Bonchev–Trinajstić information content (AvgIpc) is 2.72. The zero-order valence-electron chi connectivity index (χ0n) is 18.8. The molecule has 2 heteroatoms. The van der Waals surface area contributed by atoms with Crippen molar-refractivity contribution in [1.29, 1.82) is 0 Å². The molecule has 0 unspecified atom stereocenters. The minimum absolute atomic E-state index is 1.30. The third kappa shape index (κ3) is 7.51. The molecule has 0 saturated carbocycles. The van der Waals surface area contributed by atoms with Gasteiger partial charge in [-0.3, -0.25) is 0 Å². The van der Waals surface area contributed by atoms with Crippen LogP contribution in [0.2, 0.25) is 0 Å². The molecule has 0 amide bonds. The van der Waals surface area contributed by atoms with Crippen LogP contribution in [-0.2, 0) is 4.52 Å². The molecule has 1 nitrogen and oxygen atoms in total. The van der Waals surface area contributed by atoms with E-state index in [1.54, 1.807) is 5.30 Å². The van der Waals surface area contributed by atoms with Gasteiger partial charge in [0.15, 0.2) is 0 Å². The number of rotatable bonds is 17. The van der Waals surface area contributed by atoms with Gasteiger partial charge in [0, 0.05) is 0 Å². The maximum absolute atomic E-state index is 6.78. The molecule has 1 rings (SSSR count). The van der Waals surface area contributed by atoms with Gasteiger partial charge < -0.3 is 0 Å². The number of unbranched alkanes of at least 4 members (excludes halogenated alkanes) is 9. The van der Waals surface area contributed by atoms with Gasteiger partial charge in [0.05, 0.1) is 0 Å². The molecule has 0 atom stereocenters. The molecule has 0 spiro atoms. The van der Waals surface area contributed by atoms with Gasteiger partial charge in [0.25, 0.3) is 0 Å². The van der Waals surface area contributed by atoms with Gasteiger partial charge in [-0.25, -0.2) is 0 Å². The van der Waals surface area contributed by atoms with Crippen LogP contribution in [0.15, 0.2) is 30.3 Å². The molecule has 0 saturated heterocycles. The molecule has 1 aromatic carbocycles. The molecule has 0 aliphatic carbocycles. The van der Waals surface area contributed by atoms with Crippen LogP contribution >= 0.6 is 6.83 Å². The Kier molecular flexibility index (Phi) is 12.5. The van der Waals surface area contributed by atoms with Gasteiger partial charge in [-0.15, -0.1) is 0 Å². The molecule has 0 N–H and O–H groups in total. The molecule has 158 valence electrons. The van der Waals surface area contributed by atoms with E-state index < -0.39 is 6.83 Å². The van der Waals surface area contributed by atoms with Gasteiger partial charge >= 0.3 is 170 Å². The average molecular weight is 395 g/mol. The molecule has 1 aromatic rings. The maximum atomic E-state index is 6.78. The van der Waals surface area contributed by atoms with Crippen molar-refractivity contribution in [2.24, 2.45) is 0 Å². The fourth-order valence-electron chi connectivity index (χ4n) is 4.62. The topological polar surface area (TPSA) is 9.23 Å². The van der Waals surface area contributed by atoms with Crippen LogP contribution in [0.1, 0.15) is 97.8 Å². The van der Waals surface area contributed by atoms with Crippen molar-refractivity contribution in [3.8, 4) is 0 Å². The van der Waals surface area contributed by atoms with Crippen LogP contribution in [0.5, 0.6) is 0 Å². The molecule has 0 radical (unpaired) electrons. The molecule has 0 heterocycles. The van der Waals surface area contributed by atoms with E-state index in [0.717, 1.165) is 0 Å². The first-order valence-electron chi connectivity index (χ1n) is 11.8. The summed E-state index contributed by atoms with van der Waals surface area (Å²) in [6.45, 7) is 4.58. The van der Waals surface area contributed by atoms with Crippen molar-refractivity contribution in [1.82, 2.24) is 0 Å². The SMILES string of the molecule is CCCCCCP(CCCCCC)(CCCCCC)(OC)c1ccccc1. The molecule has 0 bridgehead atoms. The molecule has 0 fully saturated rings. The van der Waals surface area contributed by atoms with Crippen LogP contribution < -0.4 is 5.30 Å². The van der Waals surface area contributed by atoms with Crippen molar-refractivity contribution in [3.05, 3.63) is 30.3 Å². The summed E-state index contributed by atoms with van der Waals surface area (Å²) in [7, 11) is 2.05. The first-order chi connectivity index (χ1) is 13.2. The number of benzene rings is 1. The first-order valence-corrected chi connectivity index (χ1v) is 14.5. The Morgan fingerprint density at radius 2 is 1.00 bits per heavy atom. The van der Waals surface area contributed by atoms with Gasteiger partial charge in [0.2, 0.25) is 0 Å². The van der Waals surface area contributed by atoms with Crippen molar-refractivity contribution in [2.75, 3.05) is 25.6 Å². The van der Waals surface area contributed by atoms with Crippen molar-refractivity contribution < 1.29 is 4.52 Å². The second kappa shape index (κ2) is 13.7. The first kappa shape index (κ1) is 24.6. The molecule has 27 heavy (non-hydrogen) atoms. The summed E-state index contributed by atoms with van der Waals surface area (Å²) in [4.78, 5) is 0. The number of hydrogen-bond acceptors (Lipinski definition) is 1. The number of hydrogen-bond donors (Lipinski definition) is 0. The molecule has 0 aromatic heterocycles. The quantitative estimate of drug-likeness (QED) is 0.191. The summed E-state index contributed by atoms with van der Waals surface area (Å²) in [5.41, 5.74) is 0. The predicted molar refractivity (Wildman–Crippen MR) is 127 cm³/mol. The summed E-state index contributed by atoms with van der Waals surface area (Å²) in [6.07, 6.45) is 19.9. The summed E-state index contributed by atoms with van der Waals surface area (Å²) < 4.78 is 6.78. The third-order valence-corrected chi connectivity index (χ3v) is 13.1. The Labute approximate surface area is 170 Å². The fraction of sp³-hybridized carbons (Fsp3) is 0.760. The Hall–Kier alpha value is -0.390. The zero-order valence-corrected chi connectivity index (χ0v) is 19.7. The van der Waals surface area contributed by atoms with E-state index in [4.69, 9.17) is 4.52 Å². The van der Waals surface area contributed by atoms with Crippen molar-refractivity contribution >= 4 is 12.1 Å². The summed E-state index contributed by atoms with van der Waals surface area (Å²) in [6, 6.07) is 11.4. The third-order valence-electron chi connectivity index (χ3n) is 6.48. The second-order valence-corrected chi connectivity index (χ2v) is 14.0. The van der Waals surface area contributed by atoms with Crippen LogP contribution in [0.4, 0.5) is 0 Å².